The quantitative estimate of drug-likeness (QED) is 0.549. The zero-order valence-corrected chi connectivity index (χ0v) is 20.1. The lowest BCUT2D eigenvalue weighted by Gasteiger charge is -2.21. The highest BCUT2D eigenvalue weighted by Crippen LogP contribution is 2.28. The largest absolute Gasteiger partial charge is 0.338 e. The number of anilines is 1. The first-order valence-electron chi connectivity index (χ1n) is 11.7. The summed E-state index contributed by atoms with van der Waals surface area (Å²) in [6, 6.07) is 21.2. The van der Waals surface area contributed by atoms with Crippen LogP contribution in [0.1, 0.15) is 42.0 Å². The number of rotatable bonds is 6. The van der Waals surface area contributed by atoms with E-state index in [-0.39, 0.29) is 5.56 Å². The fraction of sp³-hybridized carbons (Fsp3) is 0.250. The molecule has 6 nitrogen and oxygen atoms in total. The average molecular weight is 473 g/mol. The molecule has 0 fully saturated rings. The number of benzodiazepines with no additional fused rings is 1. The first kappa shape index (κ1) is 24.1. The van der Waals surface area contributed by atoms with E-state index < -0.39 is 23.9 Å². The van der Waals surface area contributed by atoms with Crippen molar-refractivity contribution < 1.29 is 14.0 Å². The molecule has 35 heavy (non-hydrogen) atoms. The number of hydrogen-bond donors (Lipinski definition) is 2. The minimum absolute atomic E-state index is 0.264. The highest BCUT2D eigenvalue weighted by atomic mass is 19.1. The summed E-state index contributed by atoms with van der Waals surface area (Å²) in [5, 5.41) is 5.45. The number of carbonyl (C=O) groups excluding carboxylic acids is 2. The van der Waals surface area contributed by atoms with Gasteiger partial charge < -0.3 is 15.5 Å². The van der Waals surface area contributed by atoms with Crippen molar-refractivity contribution in [3.8, 4) is 0 Å². The van der Waals surface area contributed by atoms with E-state index in [1.165, 1.54) is 16.5 Å². The van der Waals surface area contributed by atoms with Gasteiger partial charge in [-0.05, 0) is 41.7 Å². The maximum atomic E-state index is 14.7. The van der Waals surface area contributed by atoms with Crippen LogP contribution >= 0.6 is 0 Å². The normalized spacial score (nSPS) is 15.3. The van der Waals surface area contributed by atoms with Crippen molar-refractivity contribution in [1.82, 2.24) is 10.6 Å². The van der Waals surface area contributed by atoms with Crippen molar-refractivity contribution in [2.24, 2.45) is 4.99 Å². The van der Waals surface area contributed by atoms with E-state index in [4.69, 9.17) is 0 Å². The molecule has 3 amide bonds. The van der Waals surface area contributed by atoms with Gasteiger partial charge in [0.25, 0.3) is 5.91 Å². The van der Waals surface area contributed by atoms with Crippen LogP contribution in [0.25, 0.3) is 0 Å². The van der Waals surface area contributed by atoms with Crippen LogP contribution < -0.4 is 15.5 Å². The number of nitrogens with one attached hydrogen (secondary N) is 2. The molecule has 0 aliphatic carbocycles. The minimum Gasteiger partial charge on any atom is -0.338 e. The standard InChI is InChI=1S/C28H29FN4O2/c1-18(2)20-14-12-19(13-15-20)16-17-30-28(35)32-26-27(34)33(3)24-11-7-5-9-22(24)25(31-26)21-8-4-6-10-23(21)29/h4-15,18,26H,16-17H2,1-3H3,(H2,30,32,35). The second-order valence-electron chi connectivity index (χ2n) is 8.82. The van der Waals surface area contributed by atoms with Gasteiger partial charge in [0.1, 0.15) is 5.82 Å². The smallest absolute Gasteiger partial charge is 0.316 e. The van der Waals surface area contributed by atoms with Gasteiger partial charge in [0.2, 0.25) is 6.17 Å². The Morgan fingerprint density at radius 1 is 1.00 bits per heavy atom. The summed E-state index contributed by atoms with van der Waals surface area (Å²) in [5.41, 5.74) is 4.15. The van der Waals surface area contributed by atoms with Gasteiger partial charge in [-0.1, -0.05) is 68.4 Å². The van der Waals surface area contributed by atoms with Gasteiger partial charge in [-0.2, -0.15) is 0 Å². The second kappa shape index (κ2) is 10.5. The Morgan fingerprint density at radius 2 is 1.66 bits per heavy atom. The Hall–Kier alpha value is -4.00. The lowest BCUT2D eigenvalue weighted by Crippen LogP contribution is -2.49. The molecular formula is C28H29FN4O2. The Morgan fingerprint density at radius 3 is 2.34 bits per heavy atom. The molecule has 1 unspecified atom stereocenters. The lowest BCUT2D eigenvalue weighted by molar-refractivity contribution is -0.119. The molecule has 1 aliphatic heterocycles. The number of halogens is 1. The molecule has 0 bridgehead atoms. The van der Waals surface area contributed by atoms with Crippen LogP contribution in [-0.4, -0.2) is 37.4 Å². The number of aliphatic imine (C=N–C) groups is 1. The fourth-order valence-electron chi connectivity index (χ4n) is 4.05. The SMILES string of the molecule is CC(C)c1ccc(CCNC(=O)NC2N=C(c3ccccc3F)c3ccccc3N(C)C2=O)cc1. The fourth-order valence-corrected chi connectivity index (χ4v) is 4.05. The first-order valence-corrected chi connectivity index (χ1v) is 11.7. The molecule has 0 saturated heterocycles. The van der Waals surface area contributed by atoms with Gasteiger partial charge in [-0.3, -0.25) is 4.79 Å². The Balaban J connectivity index is 1.51. The van der Waals surface area contributed by atoms with Gasteiger partial charge in [0, 0.05) is 24.7 Å². The second-order valence-corrected chi connectivity index (χ2v) is 8.82. The van der Waals surface area contributed by atoms with E-state index >= 15 is 0 Å². The number of nitrogens with zero attached hydrogens (tertiary/aromatic N) is 2. The van der Waals surface area contributed by atoms with E-state index in [2.05, 4.69) is 53.7 Å². The van der Waals surface area contributed by atoms with Crippen molar-refractivity contribution in [2.45, 2.75) is 32.4 Å². The number of para-hydroxylation sites is 1. The molecular weight excluding hydrogens is 443 g/mol. The summed E-state index contributed by atoms with van der Waals surface area (Å²) < 4.78 is 14.7. The number of likely N-dealkylation sites (N-methyl/N-ethyl adjacent to an activating group) is 1. The molecule has 1 aliphatic rings. The first-order chi connectivity index (χ1) is 16.8. The van der Waals surface area contributed by atoms with Crippen molar-refractivity contribution >= 4 is 23.3 Å². The summed E-state index contributed by atoms with van der Waals surface area (Å²) in [7, 11) is 1.62. The average Bonchev–Trinajstić information content (AvgIpc) is 2.95. The number of benzene rings is 3. The monoisotopic (exact) mass is 472 g/mol. The molecule has 180 valence electrons. The van der Waals surface area contributed by atoms with Crippen molar-refractivity contribution in [1.29, 1.82) is 0 Å². The Labute approximate surface area is 204 Å². The third-order valence-corrected chi connectivity index (χ3v) is 6.09. The maximum Gasteiger partial charge on any atom is 0.316 e. The van der Waals surface area contributed by atoms with Crippen LogP contribution in [0.5, 0.6) is 0 Å². The summed E-state index contributed by atoms with van der Waals surface area (Å²) >= 11 is 0. The number of carbonyl (C=O) groups is 2. The van der Waals surface area contributed by atoms with Gasteiger partial charge >= 0.3 is 6.03 Å². The van der Waals surface area contributed by atoms with Crippen LogP contribution in [-0.2, 0) is 11.2 Å². The van der Waals surface area contributed by atoms with Crippen LogP contribution in [0.4, 0.5) is 14.9 Å². The van der Waals surface area contributed by atoms with Crippen molar-refractivity contribution in [2.75, 3.05) is 18.5 Å². The lowest BCUT2D eigenvalue weighted by atomic mass is 10.00. The van der Waals surface area contributed by atoms with Crippen LogP contribution in [0, 0.1) is 5.82 Å². The van der Waals surface area contributed by atoms with Gasteiger partial charge in [0.15, 0.2) is 0 Å². The molecule has 1 atom stereocenters. The Bertz CT molecular complexity index is 1250. The molecule has 0 saturated carbocycles. The highest BCUT2D eigenvalue weighted by Gasteiger charge is 2.31. The third kappa shape index (κ3) is 5.40. The Kier molecular flexibility index (Phi) is 7.25. The van der Waals surface area contributed by atoms with E-state index in [0.717, 1.165) is 5.56 Å². The summed E-state index contributed by atoms with van der Waals surface area (Å²) in [5.74, 6) is -0.405. The molecule has 0 radical (unpaired) electrons. The van der Waals surface area contributed by atoms with Gasteiger partial charge in [0.05, 0.1) is 11.4 Å². The number of fused-ring (bicyclic) bond motifs is 1. The van der Waals surface area contributed by atoms with E-state index in [1.807, 2.05) is 6.07 Å². The van der Waals surface area contributed by atoms with Crippen LogP contribution in [0.3, 0.4) is 0 Å². The van der Waals surface area contributed by atoms with Crippen molar-refractivity contribution in [3.63, 3.8) is 0 Å². The summed E-state index contributed by atoms with van der Waals surface area (Å²) in [6.07, 6.45) is -0.549. The highest BCUT2D eigenvalue weighted by molar-refractivity contribution is 6.20. The number of hydrogen-bond acceptors (Lipinski definition) is 3. The zero-order valence-electron chi connectivity index (χ0n) is 20.1. The molecule has 0 aromatic heterocycles. The molecule has 7 heteroatoms. The van der Waals surface area contributed by atoms with Crippen molar-refractivity contribution in [3.05, 3.63) is 101 Å². The summed E-state index contributed by atoms with van der Waals surface area (Å²) in [6.45, 7) is 4.69. The third-order valence-electron chi connectivity index (χ3n) is 6.09. The van der Waals surface area contributed by atoms with Crippen LogP contribution in [0.2, 0.25) is 0 Å². The predicted octanol–water partition coefficient (Wildman–Crippen LogP) is 4.63. The number of urea groups is 1. The number of amides is 3. The molecule has 0 spiro atoms. The topological polar surface area (TPSA) is 73.8 Å². The molecule has 3 aromatic carbocycles. The maximum absolute atomic E-state index is 14.7. The minimum atomic E-state index is -1.20. The van der Waals surface area contributed by atoms with Crippen LogP contribution in [0.15, 0.2) is 77.8 Å². The predicted molar refractivity (Wildman–Crippen MR) is 136 cm³/mol. The zero-order chi connectivity index (χ0) is 24.9. The molecule has 3 aromatic rings. The molecule has 4 rings (SSSR count). The van der Waals surface area contributed by atoms with Gasteiger partial charge in [-0.15, -0.1) is 0 Å². The van der Waals surface area contributed by atoms with E-state index in [9.17, 15) is 14.0 Å². The summed E-state index contributed by atoms with van der Waals surface area (Å²) in [4.78, 5) is 31.8. The molecule has 1 heterocycles. The van der Waals surface area contributed by atoms with Gasteiger partial charge in [-0.25, -0.2) is 14.2 Å². The molecule has 2 N–H and O–H groups in total. The van der Waals surface area contributed by atoms with E-state index in [1.54, 1.807) is 43.4 Å². The van der Waals surface area contributed by atoms with E-state index in [0.29, 0.717) is 35.8 Å².